The number of ether oxygens (including phenoxy) is 1. The summed E-state index contributed by atoms with van der Waals surface area (Å²) in [6, 6.07) is 0.634. The van der Waals surface area contributed by atoms with Crippen LogP contribution in [0.2, 0.25) is 0 Å². The molecular weight excluding hydrogens is 272 g/mol. The average Bonchev–Trinajstić information content (AvgIpc) is 2.50. The zero-order valence-corrected chi connectivity index (χ0v) is 15.7. The van der Waals surface area contributed by atoms with Crippen LogP contribution in [0.25, 0.3) is 0 Å². The van der Waals surface area contributed by atoms with Crippen molar-refractivity contribution in [3.8, 4) is 0 Å². The molecule has 0 amide bonds. The van der Waals surface area contributed by atoms with Gasteiger partial charge in [-0.25, -0.2) is 0 Å². The Hall–Kier alpha value is -0.120. The summed E-state index contributed by atoms with van der Waals surface area (Å²) in [4.78, 5) is 2.60. The van der Waals surface area contributed by atoms with E-state index in [9.17, 15) is 0 Å². The van der Waals surface area contributed by atoms with Crippen molar-refractivity contribution in [1.82, 2.24) is 10.2 Å². The molecule has 1 saturated carbocycles. The summed E-state index contributed by atoms with van der Waals surface area (Å²) in [6.45, 7) is 12.6. The van der Waals surface area contributed by atoms with Crippen LogP contribution in [0.4, 0.5) is 0 Å². The normalized spacial score (nSPS) is 22.0. The maximum atomic E-state index is 6.26. The number of likely N-dealkylation sites (tertiary alicyclic amines) is 1. The molecule has 0 atom stereocenters. The molecule has 1 saturated heterocycles. The van der Waals surface area contributed by atoms with E-state index in [4.69, 9.17) is 4.74 Å². The Labute approximate surface area is 139 Å². The zero-order chi connectivity index (χ0) is 16.4. The molecule has 0 radical (unpaired) electrons. The number of nitrogens with zero attached hydrogens (tertiary/aromatic N) is 1. The fourth-order valence-corrected chi connectivity index (χ4v) is 3.22. The molecule has 0 aromatic rings. The maximum absolute atomic E-state index is 6.26. The first-order valence-corrected chi connectivity index (χ1v) is 9.56. The smallest absolute Gasteiger partial charge is 0.0603 e. The van der Waals surface area contributed by atoms with Gasteiger partial charge in [-0.05, 0) is 38.6 Å². The van der Waals surface area contributed by atoms with Crippen LogP contribution < -0.4 is 5.32 Å². The Bertz CT molecular complexity index is 254. The van der Waals surface area contributed by atoms with Crippen LogP contribution in [-0.2, 0) is 4.74 Å². The third-order valence-corrected chi connectivity index (χ3v) is 4.67. The summed E-state index contributed by atoms with van der Waals surface area (Å²) in [6.07, 6.45) is 10.5. The summed E-state index contributed by atoms with van der Waals surface area (Å²) in [5, 5.41) is 3.03. The van der Waals surface area contributed by atoms with Crippen molar-refractivity contribution in [2.24, 2.45) is 5.92 Å². The van der Waals surface area contributed by atoms with Crippen molar-refractivity contribution in [3.05, 3.63) is 0 Å². The van der Waals surface area contributed by atoms with Gasteiger partial charge in [0.05, 0.1) is 12.2 Å². The number of nitrogens with one attached hydrogen (secondary N) is 1. The van der Waals surface area contributed by atoms with E-state index in [2.05, 4.69) is 37.9 Å². The molecule has 3 heteroatoms. The van der Waals surface area contributed by atoms with Crippen molar-refractivity contribution in [2.45, 2.75) is 90.9 Å². The monoisotopic (exact) mass is 312 g/mol. The Balaban J connectivity index is 0.000000422. The minimum atomic E-state index is 0.557. The number of piperidine rings is 1. The molecule has 2 rings (SSSR count). The van der Waals surface area contributed by atoms with E-state index in [0.29, 0.717) is 18.2 Å². The van der Waals surface area contributed by atoms with E-state index in [1.165, 1.54) is 64.6 Å². The van der Waals surface area contributed by atoms with Gasteiger partial charge in [0.2, 0.25) is 0 Å². The third-order valence-electron chi connectivity index (χ3n) is 4.67. The highest BCUT2D eigenvalue weighted by molar-refractivity contribution is 4.75. The first-order chi connectivity index (χ1) is 10.5. The Morgan fingerprint density at radius 2 is 1.41 bits per heavy atom. The van der Waals surface area contributed by atoms with Gasteiger partial charge in [-0.1, -0.05) is 47.0 Å². The fourth-order valence-electron chi connectivity index (χ4n) is 3.22. The molecular formula is C19H40N2O. The largest absolute Gasteiger partial charge is 0.375 e. The molecule has 0 unspecified atom stereocenters. The van der Waals surface area contributed by atoms with Gasteiger partial charge in [0, 0.05) is 25.7 Å². The minimum Gasteiger partial charge on any atom is -0.375 e. The van der Waals surface area contributed by atoms with Gasteiger partial charge in [0.25, 0.3) is 0 Å². The maximum Gasteiger partial charge on any atom is 0.0603 e. The molecule has 1 heterocycles. The lowest BCUT2D eigenvalue weighted by atomic mass is 9.97. The van der Waals surface area contributed by atoms with Crippen LogP contribution in [-0.4, -0.2) is 49.8 Å². The van der Waals surface area contributed by atoms with Gasteiger partial charge >= 0.3 is 0 Å². The second kappa shape index (κ2) is 11.4. The first-order valence-electron chi connectivity index (χ1n) is 9.56. The van der Waals surface area contributed by atoms with E-state index < -0.39 is 0 Å². The van der Waals surface area contributed by atoms with Gasteiger partial charge in [-0.3, -0.25) is 0 Å². The third kappa shape index (κ3) is 9.12. The molecule has 1 aliphatic carbocycles. The highest BCUT2D eigenvalue weighted by atomic mass is 16.5. The summed E-state index contributed by atoms with van der Waals surface area (Å²) in [5.74, 6) is 0.797. The summed E-state index contributed by atoms with van der Waals surface area (Å²) < 4.78 is 6.26. The number of rotatable bonds is 5. The predicted octanol–water partition coefficient (Wildman–Crippen LogP) is 4.07. The predicted molar refractivity (Wildman–Crippen MR) is 96.5 cm³/mol. The van der Waals surface area contributed by atoms with Crippen LogP contribution in [0.5, 0.6) is 0 Å². The first kappa shape index (κ1) is 19.9. The van der Waals surface area contributed by atoms with Gasteiger partial charge < -0.3 is 15.0 Å². The van der Waals surface area contributed by atoms with Gasteiger partial charge in [-0.2, -0.15) is 0 Å². The Morgan fingerprint density at radius 1 is 0.909 bits per heavy atom. The van der Waals surface area contributed by atoms with Crippen LogP contribution in [0.15, 0.2) is 0 Å². The highest BCUT2D eigenvalue weighted by Gasteiger charge is 2.23. The van der Waals surface area contributed by atoms with E-state index in [1.807, 2.05) is 7.05 Å². The molecule has 2 fully saturated rings. The quantitative estimate of drug-likeness (QED) is 0.828. The molecule has 0 bridgehead atoms. The standard InChI is InChI=1S/C15H29NO.C4H11N/c1-13(2)12-16-10-8-15(9-11-16)17-14-6-4-3-5-7-14;1-4(2)5-3/h13-15H,3-12H2,1-2H3;4-5H,1-3H3. The van der Waals surface area contributed by atoms with E-state index in [0.717, 1.165) is 5.92 Å². The van der Waals surface area contributed by atoms with Crippen molar-refractivity contribution in [2.75, 3.05) is 26.7 Å². The zero-order valence-electron chi connectivity index (χ0n) is 15.7. The van der Waals surface area contributed by atoms with E-state index >= 15 is 0 Å². The topological polar surface area (TPSA) is 24.5 Å². The summed E-state index contributed by atoms with van der Waals surface area (Å²) in [5.41, 5.74) is 0. The molecule has 1 aliphatic heterocycles. The molecule has 1 N–H and O–H groups in total. The molecule has 2 aliphatic rings. The lowest BCUT2D eigenvalue weighted by Crippen LogP contribution is -2.40. The van der Waals surface area contributed by atoms with E-state index in [-0.39, 0.29) is 0 Å². The van der Waals surface area contributed by atoms with Gasteiger partial charge in [0.15, 0.2) is 0 Å². The van der Waals surface area contributed by atoms with Gasteiger partial charge in [0.1, 0.15) is 0 Å². The van der Waals surface area contributed by atoms with Crippen molar-refractivity contribution < 1.29 is 4.74 Å². The molecule has 0 spiro atoms. The Kier molecular flexibility index (Phi) is 10.3. The van der Waals surface area contributed by atoms with Crippen LogP contribution in [0.1, 0.15) is 72.6 Å². The minimum absolute atomic E-state index is 0.557. The highest BCUT2D eigenvalue weighted by Crippen LogP contribution is 2.24. The molecule has 3 nitrogen and oxygen atoms in total. The SMILES string of the molecule is CC(C)CN1CCC(OC2CCCCC2)CC1.CNC(C)C. The Morgan fingerprint density at radius 3 is 1.86 bits per heavy atom. The second-order valence-corrected chi connectivity index (χ2v) is 7.73. The lowest BCUT2D eigenvalue weighted by Gasteiger charge is -2.35. The van der Waals surface area contributed by atoms with Gasteiger partial charge in [-0.15, -0.1) is 0 Å². The second-order valence-electron chi connectivity index (χ2n) is 7.73. The van der Waals surface area contributed by atoms with Crippen molar-refractivity contribution in [1.29, 1.82) is 0 Å². The number of hydrogen-bond donors (Lipinski definition) is 1. The average molecular weight is 313 g/mol. The van der Waals surface area contributed by atoms with Crippen LogP contribution in [0.3, 0.4) is 0 Å². The number of hydrogen-bond acceptors (Lipinski definition) is 3. The van der Waals surface area contributed by atoms with Crippen molar-refractivity contribution in [3.63, 3.8) is 0 Å². The summed E-state index contributed by atoms with van der Waals surface area (Å²) >= 11 is 0. The van der Waals surface area contributed by atoms with Crippen LogP contribution in [0, 0.1) is 5.92 Å². The van der Waals surface area contributed by atoms with E-state index in [1.54, 1.807) is 0 Å². The lowest BCUT2D eigenvalue weighted by molar-refractivity contribution is -0.0566. The molecule has 0 aromatic heterocycles. The summed E-state index contributed by atoms with van der Waals surface area (Å²) in [7, 11) is 1.95. The van der Waals surface area contributed by atoms with Crippen molar-refractivity contribution >= 4 is 0 Å². The van der Waals surface area contributed by atoms with Crippen LogP contribution >= 0.6 is 0 Å². The molecule has 132 valence electrons. The fraction of sp³-hybridized carbons (Fsp3) is 1.00. The molecule has 0 aromatic carbocycles. The molecule has 22 heavy (non-hydrogen) atoms.